The van der Waals surface area contributed by atoms with Crippen molar-refractivity contribution in [3.05, 3.63) is 42.0 Å². The number of aliphatic hydroxyl groups is 1. The van der Waals surface area contributed by atoms with Gasteiger partial charge in [-0.1, -0.05) is 65.8 Å². The molecule has 0 amide bonds. The van der Waals surface area contributed by atoms with Gasteiger partial charge in [-0.3, -0.25) is 0 Å². The molecule has 0 aromatic heterocycles. The van der Waals surface area contributed by atoms with E-state index in [9.17, 15) is 5.11 Å². The minimum atomic E-state index is -2.03. The molecular weight excluding hydrogens is 437 g/mol. The van der Waals surface area contributed by atoms with Crippen molar-refractivity contribution in [2.24, 2.45) is 0 Å². The fraction of sp³-hybridized carbons (Fsp3) is 0.680. The average Bonchev–Trinajstić information content (AvgIpc) is 3.00. The van der Waals surface area contributed by atoms with E-state index in [2.05, 4.69) is 85.9 Å². The van der Waals surface area contributed by atoms with Gasteiger partial charge in [-0.25, -0.2) is 0 Å². The zero-order chi connectivity index (χ0) is 23.7. The summed E-state index contributed by atoms with van der Waals surface area (Å²) in [6.45, 7) is 22.8. The molecule has 1 N–H and O–H groups in total. The fourth-order valence-electron chi connectivity index (χ4n) is 3.12. The summed E-state index contributed by atoms with van der Waals surface area (Å²) in [6.07, 6.45) is 2.29. The molecule has 1 aliphatic rings. The molecule has 0 saturated carbocycles. The Hall–Kier alpha value is -0.376. The Morgan fingerprint density at radius 2 is 1.45 bits per heavy atom. The molecule has 31 heavy (non-hydrogen) atoms. The maximum atomic E-state index is 11.2. The first-order chi connectivity index (χ1) is 14.1. The molecule has 0 bridgehead atoms. The third-order valence-electron chi connectivity index (χ3n) is 7.27. The maximum absolute atomic E-state index is 11.2. The molecule has 0 saturated heterocycles. The molecule has 0 radical (unpaired) electrons. The predicted molar refractivity (Wildman–Crippen MR) is 140 cm³/mol. The van der Waals surface area contributed by atoms with Crippen LogP contribution in [0.4, 0.5) is 0 Å². The van der Waals surface area contributed by atoms with E-state index >= 15 is 0 Å². The number of hydrogen-bond acceptors (Lipinski definition) is 4. The lowest BCUT2D eigenvalue weighted by atomic mass is 10.1. The molecule has 0 fully saturated rings. The van der Waals surface area contributed by atoms with Crippen LogP contribution < -0.4 is 0 Å². The van der Waals surface area contributed by atoms with E-state index in [1.165, 1.54) is 4.90 Å². The molecule has 3 atom stereocenters. The molecule has 0 heterocycles. The van der Waals surface area contributed by atoms with Crippen LogP contribution in [0.5, 0.6) is 0 Å². The second-order valence-electron chi connectivity index (χ2n) is 11.8. The quantitative estimate of drug-likeness (QED) is 0.241. The van der Waals surface area contributed by atoms with Gasteiger partial charge in [-0.15, -0.1) is 11.8 Å². The van der Waals surface area contributed by atoms with Crippen LogP contribution in [0.15, 0.2) is 46.9 Å². The molecule has 6 heteroatoms. The molecule has 3 nitrogen and oxygen atoms in total. The Bertz CT molecular complexity index is 748. The van der Waals surface area contributed by atoms with Crippen LogP contribution in [0.2, 0.25) is 36.3 Å². The monoisotopic (exact) mass is 480 g/mol. The summed E-state index contributed by atoms with van der Waals surface area (Å²) in [5.74, 6) is 0.625. The largest absolute Gasteiger partial charge is 0.411 e. The first-order valence-corrected chi connectivity index (χ1v) is 18.3. The second kappa shape index (κ2) is 9.86. The summed E-state index contributed by atoms with van der Waals surface area (Å²) in [5.41, 5.74) is 1.01. The van der Waals surface area contributed by atoms with Crippen molar-refractivity contribution < 1.29 is 14.0 Å². The van der Waals surface area contributed by atoms with Crippen LogP contribution in [0.25, 0.3) is 0 Å². The van der Waals surface area contributed by atoms with Crippen molar-refractivity contribution >= 4 is 28.4 Å². The van der Waals surface area contributed by atoms with E-state index in [1.807, 2.05) is 18.2 Å². The normalized spacial score (nSPS) is 21.8. The van der Waals surface area contributed by atoms with E-state index in [1.54, 1.807) is 11.8 Å². The predicted octanol–water partition coefficient (Wildman–Crippen LogP) is 7.25. The maximum Gasteiger partial charge on any atom is 0.193 e. The highest BCUT2D eigenvalue weighted by molar-refractivity contribution is 7.99. The van der Waals surface area contributed by atoms with Crippen molar-refractivity contribution in [3.63, 3.8) is 0 Å². The van der Waals surface area contributed by atoms with Gasteiger partial charge >= 0.3 is 0 Å². The third kappa shape index (κ3) is 6.81. The SMILES string of the molecule is CC(C)(C)[Si](C)(C)OC1CC=C(C(O)CSc2ccccc2)C1O[Si](C)(C)C(C)(C)C. The van der Waals surface area contributed by atoms with Crippen LogP contribution in [0.3, 0.4) is 0 Å². The lowest BCUT2D eigenvalue weighted by Gasteiger charge is -2.44. The number of benzene rings is 1. The minimum Gasteiger partial charge on any atom is -0.411 e. The van der Waals surface area contributed by atoms with Crippen molar-refractivity contribution in [2.45, 2.75) is 107 Å². The van der Waals surface area contributed by atoms with E-state index in [-0.39, 0.29) is 22.3 Å². The number of rotatable bonds is 8. The van der Waals surface area contributed by atoms with Gasteiger partial charge in [0, 0.05) is 10.6 Å². The first kappa shape index (κ1) is 26.9. The van der Waals surface area contributed by atoms with Crippen molar-refractivity contribution in [2.75, 3.05) is 5.75 Å². The third-order valence-corrected chi connectivity index (χ3v) is 17.3. The van der Waals surface area contributed by atoms with Crippen molar-refractivity contribution in [1.29, 1.82) is 0 Å². The number of hydrogen-bond donors (Lipinski definition) is 1. The molecule has 1 aromatic rings. The van der Waals surface area contributed by atoms with Crippen LogP contribution in [0, 0.1) is 0 Å². The highest BCUT2D eigenvalue weighted by atomic mass is 32.2. The summed E-state index contributed by atoms with van der Waals surface area (Å²) in [6, 6.07) is 10.3. The second-order valence-corrected chi connectivity index (χ2v) is 22.4. The molecule has 1 aliphatic carbocycles. The Labute approximate surface area is 197 Å². The topological polar surface area (TPSA) is 38.7 Å². The highest BCUT2D eigenvalue weighted by Gasteiger charge is 2.47. The van der Waals surface area contributed by atoms with Crippen molar-refractivity contribution in [3.8, 4) is 0 Å². The number of aliphatic hydroxyl groups excluding tert-OH is 1. The minimum absolute atomic E-state index is 0.0126. The van der Waals surface area contributed by atoms with E-state index in [4.69, 9.17) is 8.85 Å². The van der Waals surface area contributed by atoms with E-state index < -0.39 is 22.7 Å². The zero-order valence-corrected chi connectivity index (χ0v) is 24.1. The lowest BCUT2D eigenvalue weighted by molar-refractivity contribution is 0.0573. The molecule has 2 rings (SSSR count). The molecular formula is C25H44O3SSi2. The van der Waals surface area contributed by atoms with Gasteiger partial charge in [-0.2, -0.15) is 0 Å². The first-order valence-electron chi connectivity index (χ1n) is 11.5. The van der Waals surface area contributed by atoms with Gasteiger partial charge in [0.1, 0.15) is 0 Å². The molecule has 0 aliphatic heterocycles. The zero-order valence-electron chi connectivity index (χ0n) is 21.3. The lowest BCUT2D eigenvalue weighted by Crippen LogP contribution is -2.51. The Morgan fingerprint density at radius 1 is 0.935 bits per heavy atom. The molecule has 0 spiro atoms. The van der Waals surface area contributed by atoms with Gasteiger partial charge in [0.2, 0.25) is 0 Å². The summed E-state index contributed by atoms with van der Waals surface area (Å²) < 4.78 is 13.8. The number of thioether (sulfide) groups is 1. The summed E-state index contributed by atoms with van der Waals surface area (Å²) >= 11 is 1.69. The van der Waals surface area contributed by atoms with E-state index in [0.717, 1.165) is 12.0 Å². The van der Waals surface area contributed by atoms with Gasteiger partial charge < -0.3 is 14.0 Å². The van der Waals surface area contributed by atoms with Crippen LogP contribution >= 0.6 is 11.8 Å². The standard InChI is InChI=1S/C25H44O3SSi2/c1-24(2,3)30(7,8)27-22-17-16-20(23(22)28-31(9,10)25(4,5)6)21(26)18-29-19-14-12-11-13-15-19/h11-16,21-23,26H,17-18H2,1-10H3. The summed E-state index contributed by atoms with van der Waals surface area (Å²) in [5, 5.41) is 11.4. The Balaban J connectivity index is 2.23. The molecule has 1 aromatic carbocycles. The highest BCUT2D eigenvalue weighted by Crippen LogP contribution is 2.44. The molecule has 176 valence electrons. The van der Waals surface area contributed by atoms with Gasteiger partial charge in [0.15, 0.2) is 16.6 Å². The Morgan fingerprint density at radius 3 is 1.97 bits per heavy atom. The van der Waals surface area contributed by atoms with Gasteiger partial charge in [0.05, 0.1) is 18.3 Å². The van der Waals surface area contributed by atoms with Crippen LogP contribution in [-0.2, 0) is 8.85 Å². The van der Waals surface area contributed by atoms with Crippen LogP contribution in [-0.4, -0.2) is 45.8 Å². The fourth-order valence-corrected chi connectivity index (χ4v) is 6.62. The van der Waals surface area contributed by atoms with Gasteiger partial charge in [0.25, 0.3) is 0 Å². The van der Waals surface area contributed by atoms with Gasteiger partial charge in [-0.05, 0) is 60.4 Å². The summed E-state index contributed by atoms with van der Waals surface area (Å²) in [4.78, 5) is 1.18. The van der Waals surface area contributed by atoms with Crippen molar-refractivity contribution in [1.82, 2.24) is 0 Å². The summed E-state index contributed by atoms with van der Waals surface area (Å²) in [7, 11) is -3.98. The molecule has 3 unspecified atom stereocenters. The smallest absolute Gasteiger partial charge is 0.193 e. The average molecular weight is 481 g/mol. The van der Waals surface area contributed by atoms with Crippen LogP contribution in [0.1, 0.15) is 48.0 Å². The Kier molecular flexibility index (Phi) is 8.54. The van der Waals surface area contributed by atoms with E-state index in [0.29, 0.717) is 5.75 Å².